The number of aryl methyl sites for hydroxylation is 1. The van der Waals surface area contributed by atoms with Crippen LogP contribution in [-0.4, -0.2) is 33.3 Å². The summed E-state index contributed by atoms with van der Waals surface area (Å²) in [5.41, 5.74) is 0.767. The van der Waals surface area contributed by atoms with Gasteiger partial charge in [-0.3, -0.25) is 4.79 Å². The van der Waals surface area contributed by atoms with Crippen molar-refractivity contribution in [1.82, 2.24) is 9.55 Å². The Balaban J connectivity index is 1.96. The minimum Gasteiger partial charge on any atom is -0.458 e. The van der Waals surface area contributed by atoms with E-state index in [-0.39, 0.29) is 19.0 Å². The number of ether oxygens (including phenoxy) is 1. The fourth-order valence-electron chi connectivity index (χ4n) is 1.89. The molecule has 2 aromatic rings. The highest BCUT2D eigenvalue weighted by Crippen LogP contribution is 2.13. The van der Waals surface area contributed by atoms with E-state index in [4.69, 9.17) is 4.74 Å². The molecule has 0 aliphatic carbocycles. The number of benzene rings is 1. The molecule has 0 saturated carbocycles. The molecule has 0 bridgehead atoms. The van der Waals surface area contributed by atoms with Crippen molar-refractivity contribution in [3.8, 4) is 0 Å². The van der Waals surface area contributed by atoms with E-state index in [0.29, 0.717) is 23.2 Å². The largest absolute Gasteiger partial charge is 0.458 e. The van der Waals surface area contributed by atoms with Crippen molar-refractivity contribution in [3.63, 3.8) is 0 Å². The van der Waals surface area contributed by atoms with Crippen molar-refractivity contribution in [2.24, 2.45) is 0 Å². The lowest BCUT2D eigenvalue weighted by Gasteiger charge is -2.05. The molecule has 0 amide bonds. The average Bonchev–Trinajstić information content (AvgIpc) is 2.88. The molecule has 2 rings (SSSR count). The minimum absolute atomic E-state index is 0.0215. The predicted octanol–water partition coefficient (Wildman–Crippen LogP) is 1.77. The number of imidazole rings is 1. The summed E-state index contributed by atoms with van der Waals surface area (Å²) in [4.78, 5) is 36.5. The lowest BCUT2D eigenvalue weighted by molar-refractivity contribution is -0.392. The Labute approximate surface area is 125 Å². The van der Waals surface area contributed by atoms with E-state index in [1.807, 2.05) is 0 Å². The van der Waals surface area contributed by atoms with Gasteiger partial charge in [-0.1, -0.05) is 12.1 Å². The third-order valence-corrected chi connectivity index (χ3v) is 3.05. The second-order valence-corrected chi connectivity index (χ2v) is 4.45. The third kappa shape index (κ3) is 3.35. The van der Waals surface area contributed by atoms with Gasteiger partial charge in [0.15, 0.2) is 5.82 Å². The number of nitro groups is 1. The number of rotatable bonds is 6. The van der Waals surface area contributed by atoms with Crippen LogP contribution in [0.15, 0.2) is 30.5 Å². The highest BCUT2D eigenvalue weighted by Gasteiger charge is 2.17. The zero-order valence-electron chi connectivity index (χ0n) is 11.8. The van der Waals surface area contributed by atoms with Crippen LogP contribution in [0.2, 0.25) is 0 Å². The highest BCUT2D eigenvalue weighted by molar-refractivity contribution is 5.90. The van der Waals surface area contributed by atoms with Crippen LogP contribution in [0.3, 0.4) is 0 Å². The summed E-state index contributed by atoms with van der Waals surface area (Å²) in [6.07, 6.45) is 1.84. The molecular formula is C14H13N3O5. The van der Waals surface area contributed by atoms with E-state index < -0.39 is 10.9 Å². The van der Waals surface area contributed by atoms with E-state index in [2.05, 4.69) is 4.98 Å². The molecule has 0 N–H and O–H groups in total. The summed E-state index contributed by atoms with van der Waals surface area (Å²) in [5.74, 6) is -0.236. The Morgan fingerprint density at radius 2 is 2.09 bits per heavy atom. The number of carbonyl (C=O) groups excluding carboxylic acids is 2. The Bertz CT molecular complexity index is 706. The molecular weight excluding hydrogens is 290 g/mol. The molecule has 22 heavy (non-hydrogen) atoms. The van der Waals surface area contributed by atoms with Gasteiger partial charge >= 0.3 is 11.8 Å². The Kier molecular flexibility index (Phi) is 4.62. The Morgan fingerprint density at radius 1 is 1.41 bits per heavy atom. The lowest BCUT2D eigenvalue weighted by atomic mass is 10.1. The molecule has 0 aliphatic heterocycles. The van der Waals surface area contributed by atoms with Crippen molar-refractivity contribution in [2.45, 2.75) is 13.5 Å². The van der Waals surface area contributed by atoms with Crippen molar-refractivity contribution in [1.29, 1.82) is 0 Å². The molecule has 1 heterocycles. The standard InChI is InChI=1S/C14H13N3O5/c1-10-15-8-13(17(20)21)16(10)6-7-22-14(19)12-4-2-11(9-18)3-5-12/h2-5,8-9H,6-7H2,1H3. The summed E-state index contributed by atoms with van der Waals surface area (Å²) in [5, 5.41) is 10.8. The van der Waals surface area contributed by atoms with Crippen molar-refractivity contribution < 1.29 is 19.2 Å². The summed E-state index contributed by atoms with van der Waals surface area (Å²) in [6, 6.07) is 5.98. The average molecular weight is 303 g/mol. The molecule has 0 atom stereocenters. The van der Waals surface area contributed by atoms with E-state index in [0.717, 1.165) is 6.20 Å². The molecule has 1 aromatic carbocycles. The van der Waals surface area contributed by atoms with Gasteiger partial charge < -0.3 is 14.9 Å². The summed E-state index contributed by atoms with van der Waals surface area (Å²) < 4.78 is 6.43. The number of aldehydes is 1. The van der Waals surface area contributed by atoms with Gasteiger partial charge in [0.1, 0.15) is 25.6 Å². The fraction of sp³-hybridized carbons (Fsp3) is 0.214. The molecule has 114 valence electrons. The minimum atomic E-state index is -0.558. The number of nitrogens with zero attached hydrogens (tertiary/aromatic N) is 3. The van der Waals surface area contributed by atoms with Gasteiger partial charge in [-0.25, -0.2) is 14.3 Å². The first-order chi connectivity index (χ1) is 10.5. The van der Waals surface area contributed by atoms with E-state index in [1.165, 1.54) is 28.8 Å². The maximum atomic E-state index is 11.8. The molecule has 0 aliphatic rings. The summed E-state index contributed by atoms with van der Waals surface area (Å²) in [6.45, 7) is 1.75. The normalized spacial score (nSPS) is 10.2. The predicted molar refractivity (Wildman–Crippen MR) is 75.7 cm³/mol. The smallest absolute Gasteiger partial charge is 0.342 e. The van der Waals surface area contributed by atoms with Crippen molar-refractivity contribution in [3.05, 3.63) is 57.5 Å². The highest BCUT2D eigenvalue weighted by atomic mass is 16.6. The van der Waals surface area contributed by atoms with Crippen LogP contribution in [0.1, 0.15) is 26.5 Å². The monoisotopic (exact) mass is 303 g/mol. The first kappa shape index (κ1) is 15.4. The second kappa shape index (κ2) is 6.61. The molecule has 0 fully saturated rings. The number of esters is 1. The Hall–Kier alpha value is -3.03. The van der Waals surface area contributed by atoms with Gasteiger partial charge in [0, 0.05) is 12.5 Å². The van der Waals surface area contributed by atoms with Crippen molar-refractivity contribution >= 4 is 18.1 Å². The van der Waals surface area contributed by atoms with Crippen LogP contribution in [0.5, 0.6) is 0 Å². The van der Waals surface area contributed by atoms with Gasteiger partial charge in [-0.15, -0.1) is 0 Å². The van der Waals surface area contributed by atoms with Crippen LogP contribution in [-0.2, 0) is 11.3 Å². The Morgan fingerprint density at radius 3 is 2.68 bits per heavy atom. The van der Waals surface area contributed by atoms with Gasteiger partial charge in [0.2, 0.25) is 0 Å². The quantitative estimate of drug-likeness (QED) is 0.348. The summed E-state index contributed by atoms with van der Waals surface area (Å²) >= 11 is 0. The lowest BCUT2D eigenvalue weighted by Crippen LogP contribution is -2.13. The molecule has 0 spiro atoms. The van der Waals surface area contributed by atoms with Gasteiger partial charge in [0.25, 0.3) is 0 Å². The number of hydrogen-bond donors (Lipinski definition) is 0. The summed E-state index contributed by atoms with van der Waals surface area (Å²) in [7, 11) is 0. The molecule has 8 nitrogen and oxygen atoms in total. The molecule has 0 saturated heterocycles. The third-order valence-electron chi connectivity index (χ3n) is 3.05. The second-order valence-electron chi connectivity index (χ2n) is 4.45. The van der Waals surface area contributed by atoms with Crippen LogP contribution < -0.4 is 0 Å². The maximum absolute atomic E-state index is 11.8. The zero-order valence-corrected chi connectivity index (χ0v) is 11.8. The first-order valence-corrected chi connectivity index (χ1v) is 6.42. The van der Waals surface area contributed by atoms with Crippen LogP contribution in [0.4, 0.5) is 5.82 Å². The van der Waals surface area contributed by atoms with Gasteiger partial charge in [0.05, 0.1) is 5.56 Å². The maximum Gasteiger partial charge on any atom is 0.342 e. The number of aromatic nitrogens is 2. The number of carbonyl (C=O) groups is 2. The number of hydrogen-bond acceptors (Lipinski definition) is 6. The first-order valence-electron chi connectivity index (χ1n) is 6.42. The SMILES string of the molecule is Cc1ncc([N+](=O)[O-])n1CCOC(=O)c1ccc(C=O)cc1. The molecule has 0 unspecified atom stereocenters. The topological polar surface area (TPSA) is 104 Å². The van der Waals surface area contributed by atoms with Crippen molar-refractivity contribution in [2.75, 3.05) is 6.61 Å². The van der Waals surface area contributed by atoms with Gasteiger partial charge in [-0.2, -0.15) is 0 Å². The fourth-order valence-corrected chi connectivity index (χ4v) is 1.89. The van der Waals surface area contributed by atoms with E-state index >= 15 is 0 Å². The zero-order chi connectivity index (χ0) is 16.1. The van der Waals surface area contributed by atoms with Crippen LogP contribution in [0.25, 0.3) is 0 Å². The van der Waals surface area contributed by atoms with Crippen LogP contribution in [0, 0.1) is 17.0 Å². The molecule has 1 aromatic heterocycles. The van der Waals surface area contributed by atoms with E-state index in [9.17, 15) is 19.7 Å². The van der Waals surface area contributed by atoms with Gasteiger partial charge in [-0.05, 0) is 17.1 Å². The van der Waals surface area contributed by atoms with Crippen LogP contribution >= 0.6 is 0 Å². The van der Waals surface area contributed by atoms with E-state index in [1.54, 1.807) is 6.92 Å². The molecule has 0 radical (unpaired) electrons. The molecule has 8 heteroatoms.